The molecule has 108 valence electrons. The Hall–Kier alpha value is -1.40. The maximum absolute atomic E-state index is 12.3. The van der Waals surface area contributed by atoms with Gasteiger partial charge in [0.05, 0.1) is 7.11 Å². The minimum Gasteiger partial charge on any atom is -0.467 e. The van der Waals surface area contributed by atoms with Gasteiger partial charge in [-0.2, -0.15) is 0 Å². The van der Waals surface area contributed by atoms with Gasteiger partial charge in [-0.3, -0.25) is 4.79 Å². The topological polar surface area (TPSA) is 59.1 Å². The highest BCUT2D eigenvalue weighted by molar-refractivity contribution is 7.09. The van der Waals surface area contributed by atoms with Crippen molar-refractivity contribution in [3.63, 3.8) is 0 Å². The molecule has 3 atom stereocenters. The number of esters is 1. The zero-order chi connectivity index (χ0) is 14.1. The number of methoxy groups -OCH3 is 1. The van der Waals surface area contributed by atoms with E-state index in [0.717, 1.165) is 17.7 Å². The Bertz CT molecular complexity index is 501. The number of carbonyl (C=O) groups excluding carboxylic acids is 2. The standard InChI is InChI=1S/C14H17NO4S/c1-18-14(17)10(8-9-4-3-7-20-9)15-12(16)6-2-5-11-13(15)19-11/h3-4,7,10-11,13H,2,5-6,8H2,1H3. The lowest BCUT2D eigenvalue weighted by atomic mass is 10.1. The number of carbonyl (C=O) groups is 2. The third-order valence-corrected chi connectivity index (χ3v) is 4.68. The highest BCUT2D eigenvalue weighted by Gasteiger charge is 2.51. The summed E-state index contributed by atoms with van der Waals surface area (Å²) in [5.74, 6) is -0.384. The molecule has 0 N–H and O–H groups in total. The highest BCUT2D eigenvalue weighted by atomic mass is 32.1. The van der Waals surface area contributed by atoms with Crippen molar-refractivity contribution < 1.29 is 19.1 Å². The van der Waals surface area contributed by atoms with Crippen LogP contribution in [0.2, 0.25) is 0 Å². The summed E-state index contributed by atoms with van der Waals surface area (Å²) >= 11 is 1.58. The summed E-state index contributed by atoms with van der Waals surface area (Å²) in [4.78, 5) is 27.0. The second-order valence-electron chi connectivity index (χ2n) is 5.08. The van der Waals surface area contributed by atoms with Gasteiger partial charge in [-0.1, -0.05) is 6.07 Å². The summed E-state index contributed by atoms with van der Waals surface area (Å²) in [7, 11) is 1.36. The first kappa shape index (κ1) is 13.6. The van der Waals surface area contributed by atoms with E-state index < -0.39 is 6.04 Å². The second-order valence-corrected chi connectivity index (χ2v) is 6.11. The van der Waals surface area contributed by atoms with E-state index in [4.69, 9.17) is 9.47 Å². The predicted molar refractivity (Wildman–Crippen MR) is 73.2 cm³/mol. The molecule has 0 bridgehead atoms. The van der Waals surface area contributed by atoms with Crippen molar-refractivity contribution in [2.45, 2.75) is 44.1 Å². The number of epoxide rings is 1. The Labute approximate surface area is 121 Å². The van der Waals surface area contributed by atoms with Crippen LogP contribution in [0.5, 0.6) is 0 Å². The Morgan fingerprint density at radius 1 is 1.65 bits per heavy atom. The number of rotatable bonds is 4. The number of hydrogen-bond acceptors (Lipinski definition) is 5. The minimum absolute atomic E-state index is 0.0121. The first-order chi connectivity index (χ1) is 9.70. The van der Waals surface area contributed by atoms with Crippen LogP contribution >= 0.6 is 11.3 Å². The predicted octanol–water partition coefficient (Wildman–Crippen LogP) is 1.57. The molecule has 2 saturated heterocycles. The van der Waals surface area contributed by atoms with Gasteiger partial charge in [-0.05, 0) is 24.3 Å². The molecular weight excluding hydrogens is 278 g/mol. The largest absolute Gasteiger partial charge is 0.467 e. The fraction of sp³-hybridized carbons (Fsp3) is 0.571. The number of ether oxygens (including phenoxy) is 2. The minimum atomic E-state index is -0.584. The van der Waals surface area contributed by atoms with Crippen LogP contribution in [0.3, 0.4) is 0 Å². The molecule has 0 spiro atoms. The lowest BCUT2D eigenvalue weighted by molar-refractivity contribution is -0.154. The van der Waals surface area contributed by atoms with E-state index in [-0.39, 0.29) is 24.2 Å². The smallest absolute Gasteiger partial charge is 0.329 e. The van der Waals surface area contributed by atoms with Crippen molar-refractivity contribution in [2.75, 3.05) is 7.11 Å². The van der Waals surface area contributed by atoms with E-state index in [0.29, 0.717) is 12.8 Å². The summed E-state index contributed by atoms with van der Waals surface area (Å²) in [6, 6.07) is 3.32. The molecule has 3 rings (SSSR count). The fourth-order valence-corrected chi connectivity index (χ4v) is 3.46. The maximum Gasteiger partial charge on any atom is 0.329 e. The lowest BCUT2D eigenvalue weighted by Gasteiger charge is -2.27. The molecule has 0 aliphatic carbocycles. The Kier molecular flexibility index (Phi) is 3.76. The van der Waals surface area contributed by atoms with Crippen LogP contribution < -0.4 is 0 Å². The summed E-state index contributed by atoms with van der Waals surface area (Å²) in [5, 5.41) is 1.96. The molecule has 2 aliphatic heterocycles. The monoisotopic (exact) mass is 295 g/mol. The average Bonchev–Trinajstić information content (AvgIpc) is 3.03. The first-order valence-corrected chi connectivity index (χ1v) is 7.65. The van der Waals surface area contributed by atoms with E-state index in [1.807, 2.05) is 17.5 Å². The molecule has 0 radical (unpaired) electrons. The molecule has 20 heavy (non-hydrogen) atoms. The Balaban J connectivity index is 1.83. The van der Waals surface area contributed by atoms with Crippen molar-refractivity contribution >= 4 is 23.2 Å². The number of fused-ring (bicyclic) bond motifs is 1. The maximum atomic E-state index is 12.3. The van der Waals surface area contributed by atoms with E-state index in [9.17, 15) is 9.59 Å². The third-order valence-electron chi connectivity index (χ3n) is 3.78. The van der Waals surface area contributed by atoms with Crippen molar-refractivity contribution in [3.05, 3.63) is 22.4 Å². The number of nitrogens with zero attached hydrogens (tertiary/aromatic N) is 1. The molecule has 1 aromatic rings. The van der Waals surface area contributed by atoms with Crippen LogP contribution in [-0.4, -0.2) is 42.3 Å². The molecule has 6 heteroatoms. The first-order valence-electron chi connectivity index (χ1n) is 6.77. The van der Waals surface area contributed by atoms with E-state index in [1.165, 1.54) is 7.11 Å². The molecule has 2 fully saturated rings. The Morgan fingerprint density at radius 3 is 3.20 bits per heavy atom. The van der Waals surface area contributed by atoms with E-state index >= 15 is 0 Å². The zero-order valence-corrected chi connectivity index (χ0v) is 12.1. The van der Waals surface area contributed by atoms with Gasteiger partial charge in [0.1, 0.15) is 12.1 Å². The molecular formula is C14H17NO4S. The number of thiophene rings is 1. The van der Waals surface area contributed by atoms with Crippen LogP contribution in [0, 0.1) is 0 Å². The molecule has 3 heterocycles. The number of hydrogen-bond donors (Lipinski definition) is 0. The highest BCUT2D eigenvalue weighted by Crippen LogP contribution is 2.36. The summed E-state index contributed by atoms with van der Waals surface area (Å²) in [6.07, 6.45) is 2.53. The van der Waals surface area contributed by atoms with Crippen molar-refractivity contribution in [1.82, 2.24) is 4.90 Å². The van der Waals surface area contributed by atoms with E-state index in [2.05, 4.69) is 0 Å². The molecule has 3 unspecified atom stereocenters. The van der Waals surface area contributed by atoms with Crippen LogP contribution in [0.15, 0.2) is 17.5 Å². The average molecular weight is 295 g/mol. The SMILES string of the molecule is COC(=O)C(Cc1cccs1)N1C(=O)CCCC2OC21. The van der Waals surface area contributed by atoms with Gasteiger partial charge in [0, 0.05) is 17.7 Å². The number of amides is 1. The zero-order valence-electron chi connectivity index (χ0n) is 11.3. The van der Waals surface area contributed by atoms with Crippen molar-refractivity contribution in [2.24, 2.45) is 0 Å². The van der Waals surface area contributed by atoms with Gasteiger partial charge in [-0.15, -0.1) is 11.3 Å². The van der Waals surface area contributed by atoms with Crippen molar-refractivity contribution in [3.8, 4) is 0 Å². The quantitative estimate of drug-likeness (QED) is 0.625. The van der Waals surface area contributed by atoms with Gasteiger partial charge in [-0.25, -0.2) is 4.79 Å². The van der Waals surface area contributed by atoms with Gasteiger partial charge >= 0.3 is 5.97 Å². The van der Waals surface area contributed by atoms with Crippen LogP contribution in [0.4, 0.5) is 0 Å². The number of likely N-dealkylation sites (tertiary alicyclic amines) is 1. The van der Waals surface area contributed by atoms with Gasteiger partial charge < -0.3 is 14.4 Å². The second kappa shape index (κ2) is 5.54. The molecule has 0 saturated carbocycles. The molecule has 1 amide bonds. The van der Waals surface area contributed by atoms with E-state index in [1.54, 1.807) is 16.2 Å². The van der Waals surface area contributed by atoms with Crippen LogP contribution in [0.1, 0.15) is 24.1 Å². The summed E-state index contributed by atoms with van der Waals surface area (Å²) in [6.45, 7) is 0. The lowest BCUT2D eigenvalue weighted by Crippen LogP contribution is -2.48. The van der Waals surface area contributed by atoms with Gasteiger partial charge in [0.25, 0.3) is 0 Å². The van der Waals surface area contributed by atoms with Crippen LogP contribution in [0.25, 0.3) is 0 Å². The summed E-state index contributed by atoms with van der Waals surface area (Å²) < 4.78 is 10.4. The molecule has 1 aromatic heterocycles. The molecule has 2 aliphatic rings. The van der Waals surface area contributed by atoms with Gasteiger partial charge in [0.2, 0.25) is 5.91 Å². The van der Waals surface area contributed by atoms with Crippen molar-refractivity contribution in [1.29, 1.82) is 0 Å². The normalized spacial score (nSPS) is 26.6. The van der Waals surface area contributed by atoms with Gasteiger partial charge in [0.15, 0.2) is 6.23 Å². The third kappa shape index (κ3) is 2.58. The fourth-order valence-electron chi connectivity index (χ4n) is 2.72. The molecule has 5 nitrogen and oxygen atoms in total. The summed E-state index contributed by atoms with van der Waals surface area (Å²) in [5.41, 5.74) is 0. The Morgan fingerprint density at radius 2 is 2.50 bits per heavy atom. The molecule has 0 aromatic carbocycles. The van der Waals surface area contributed by atoms with Crippen LogP contribution in [-0.2, 0) is 25.5 Å².